The molecule has 1 aliphatic rings. The van der Waals surface area contributed by atoms with Gasteiger partial charge >= 0.3 is 51.4 Å². The molecule has 1 aliphatic heterocycles. The van der Waals surface area contributed by atoms with Crippen molar-refractivity contribution in [3.05, 3.63) is 35.1 Å². The maximum Gasteiger partial charge on any atom is 1.00 e. The summed E-state index contributed by atoms with van der Waals surface area (Å²) in [6, 6.07) is 7.21. The van der Waals surface area contributed by atoms with E-state index in [-0.39, 0.29) is 68.6 Å². The molecule has 2 aromatic carbocycles. The van der Waals surface area contributed by atoms with Crippen molar-refractivity contribution in [3.8, 4) is 11.5 Å². The van der Waals surface area contributed by atoms with Crippen molar-refractivity contribution in [1.29, 1.82) is 0 Å². The molecule has 0 aliphatic carbocycles. The molecule has 21 heavy (non-hydrogen) atoms. The quantitative estimate of drug-likeness (QED) is 0.600. The molecule has 7 nitrogen and oxygen atoms in total. The molecule has 0 saturated carbocycles. The van der Waals surface area contributed by atoms with Gasteiger partial charge in [0.15, 0.2) is 10.2 Å². The van der Waals surface area contributed by atoms with E-state index in [9.17, 15) is 23.4 Å². The van der Waals surface area contributed by atoms with E-state index in [1.54, 1.807) is 6.07 Å². The molecule has 0 bridgehead atoms. The summed E-state index contributed by atoms with van der Waals surface area (Å²) in [5.74, 6) is -1.06. The Hall–Kier alpha value is -0.844. The summed E-state index contributed by atoms with van der Waals surface area (Å²) in [5.41, 5.74) is -0.0159. The minimum atomic E-state index is -4.09. The number of hydrogen-bond acceptors (Lipinski definition) is 5. The number of phenols is 2. The third-order valence-corrected chi connectivity index (χ3v) is 4.28. The van der Waals surface area contributed by atoms with Crippen LogP contribution in [-0.2, 0) is 15.0 Å². The molecule has 0 radical (unpaired) electrons. The summed E-state index contributed by atoms with van der Waals surface area (Å²) in [4.78, 5) is 11.2. The average Bonchev–Trinajstić information content (AvgIpc) is 2.61. The molecule has 0 aromatic heterocycles. The molecule has 2 N–H and O–H groups in total. The number of phenolic OH excluding ortho intramolecular Hbond substituents is 2. The minimum Gasteiger partial charge on any atom is -0.526 e. The average molecular weight is 332 g/mol. The third-order valence-electron chi connectivity index (χ3n) is 2.96. The van der Waals surface area contributed by atoms with Gasteiger partial charge in [0, 0.05) is 0 Å². The molecule has 2 aromatic rings. The maximum atomic E-state index is 11.7. The molecule has 3 rings (SSSR count). The monoisotopic (exact) mass is 332 g/mol. The van der Waals surface area contributed by atoms with Crippen LogP contribution in [0.5, 0.6) is 11.5 Å². The molecule has 0 unspecified atom stereocenters. The number of amides is 1. The zero-order valence-electron chi connectivity index (χ0n) is 11.0. The Kier molecular flexibility index (Phi) is 4.52. The largest absolute Gasteiger partial charge is 1.00 e. The van der Waals surface area contributed by atoms with Gasteiger partial charge in [-0.25, -0.2) is 8.42 Å². The first-order valence-electron chi connectivity index (χ1n) is 5.61. The van der Waals surface area contributed by atoms with Crippen LogP contribution in [0, 0.1) is 0 Å². The smallest absolute Gasteiger partial charge is 0.526 e. The number of nitrogens with zero attached hydrogens (tertiary/aromatic N) is 2. The summed E-state index contributed by atoms with van der Waals surface area (Å²) >= 11 is 0. The first kappa shape index (κ1) is 16.5. The second kappa shape index (κ2) is 5.74. The number of carbonyl (C=O) groups is 1. The summed E-state index contributed by atoms with van der Waals surface area (Å²) in [5, 5.41) is 20.5. The van der Waals surface area contributed by atoms with Crippen LogP contribution >= 0.6 is 0 Å². The van der Waals surface area contributed by atoms with Crippen LogP contribution < -0.4 is 55.7 Å². The number of rotatable bonds is 1. The molecule has 104 valence electrons. The van der Waals surface area contributed by atoms with Gasteiger partial charge in [-0.3, -0.25) is 4.31 Å². The Balaban J connectivity index is 0.00000161. The van der Waals surface area contributed by atoms with Gasteiger partial charge in [-0.05, 0) is 35.0 Å². The number of aromatic hydroxyl groups is 2. The van der Waals surface area contributed by atoms with Crippen LogP contribution in [0.25, 0.3) is 15.5 Å². The Labute approximate surface area is 163 Å². The van der Waals surface area contributed by atoms with Gasteiger partial charge in [0.25, 0.3) is 0 Å². The van der Waals surface area contributed by atoms with Crippen LogP contribution in [-0.4, -0.2) is 31.1 Å². The third kappa shape index (κ3) is 3.03. The summed E-state index contributed by atoms with van der Waals surface area (Å²) < 4.78 is 27.2. The van der Waals surface area contributed by atoms with Crippen molar-refractivity contribution < 1.29 is 74.8 Å². The molecular weight excluding hydrogens is 323 g/mol. The van der Waals surface area contributed by atoms with Crippen LogP contribution in [0.1, 0.15) is 0 Å². The molecule has 1 saturated heterocycles. The first-order valence-corrected chi connectivity index (χ1v) is 7.01. The Bertz CT molecular complexity index is 837. The number of fused-ring (bicyclic) bond motifs is 1. The molecule has 0 atom stereocenters. The maximum absolute atomic E-state index is 11.7. The SMILES string of the molecule is O=C1CN(c2cc3ccc(O)cc3cc2O)S(=O)(=O)[N-]1.[K+]. The standard InChI is InChI=1S/C12H10N2O5S.K/c15-9-2-1-7-4-10(11(16)5-8(7)3-9)14-6-12(17)13-20(14,18)19;/h1-5H,6H2,(H3,13,15,16,17);/q;+1/p-1. The van der Waals surface area contributed by atoms with Crippen LogP contribution in [0.3, 0.4) is 0 Å². The van der Waals surface area contributed by atoms with Gasteiger partial charge in [-0.2, -0.15) is 0 Å². The number of hydrogen-bond donors (Lipinski definition) is 2. The van der Waals surface area contributed by atoms with Crippen LogP contribution in [0.2, 0.25) is 0 Å². The van der Waals surface area contributed by atoms with Crippen molar-refractivity contribution in [2.75, 3.05) is 10.8 Å². The van der Waals surface area contributed by atoms with E-state index in [1.807, 2.05) is 0 Å². The number of benzene rings is 2. The van der Waals surface area contributed by atoms with Gasteiger partial charge in [-0.15, -0.1) is 0 Å². The molecular formula is C12H9KN2O5S. The van der Waals surface area contributed by atoms with Gasteiger partial charge in [0.1, 0.15) is 11.5 Å². The van der Waals surface area contributed by atoms with E-state index >= 15 is 0 Å². The van der Waals surface area contributed by atoms with E-state index < -0.39 is 22.7 Å². The zero-order chi connectivity index (χ0) is 14.5. The van der Waals surface area contributed by atoms with Crippen LogP contribution in [0.15, 0.2) is 30.3 Å². The fraction of sp³-hybridized carbons (Fsp3) is 0.0833. The Morgan fingerprint density at radius 1 is 1.10 bits per heavy atom. The van der Waals surface area contributed by atoms with Crippen molar-refractivity contribution in [2.24, 2.45) is 0 Å². The van der Waals surface area contributed by atoms with Crippen molar-refractivity contribution in [2.45, 2.75) is 0 Å². The van der Waals surface area contributed by atoms with Crippen molar-refractivity contribution in [1.82, 2.24) is 0 Å². The Morgan fingerprint density at radius 2 is 1.81 bits per heavy atom. The van der Waals surface area contributed by atoms with Gasteiger partial charge in [0.2, 0.25) is 0 Å². The molecule has 0 spiro atoms. The molecule has 1 amide bonds. The van der Waals surface area contributed by atoms with E-state index in [1.165, 1.54) is 24.3 Å². The fourth-order valence-electron chi connectivity index (χ4n) is 2.08. The Morgan fingerprint density at radius 3 is 2.43 bits per heavy atom. The van der Waals surface area contributed by atoms with Gasteiger partial charge in [-0.1, -0.05) is 6.07 Å². The van der Waals surface area contributed by atoms with E-state index in [0.717, 1.165) is 4.31 Å². The summed E-state index contributed by atoms with van der Waals surface area (Å²) in [7, 11) is -4.09. The molecule has 9 heteroatoms. The predicted molar refractivity (Wildman–Crippen MR) is 71.9 cm³/mol. The van der Waals surface area contributed by atoms with E-state index in [4.69, 9.17) is 0 Å². The number of carbonyl (C=O) groups excluding carboxylic acids is 1. The van der Waals surface area contributed by atoms with Gasteiger partial charge in [0.05, 0.1) is 18.1 Å². The summed E-state index contributed by atoms with van der Waals surface area (Å²) in [6.45, 7) is -0.431. The first-order chi connectivity index (χ1) is 9.37. The topological polar surface area (TPSA) is 109 Å². The van der Waals surface area contributed by atoms with Crippen molar-refractivity contribution >= 4 is 32.6 Å². The second-order valence-corrected chi connectivity index (χ2v) is 5.86. The van der Waals surface area contributed by atoms with Crippen molar-refractivity contribution in [3.63, 3.8) is 0 Å². The summed E-state index contributed by atoms with van der Waals surface area (Å²) in [6.07, 6.45) is 0. The number of anilines is 1. The second-order valence-electron chi connectivity index (χ2n) is 4.34. The van der Waals surface area contributed by atoms with Crippen LogP contribution in [0.4, 0.5) is 5.69 Å². The minimum absolute atomic E-state index is 0. The van der Waals surface area contributed by atoms with E-state index in [0.29, 0.717) is 10.8 Å². The normalized spacial score (nSPS) is 16.6. The van der Waals surface area contributed by atoms with Gasteiger partial charge < -0.3 is 19.7 Å². The zero-order valence-corrected chi connectivity index (χ0v) is 15.0. The predicted octanol–water partition coefficient (Wildman–Crippen LogP) is -1.78. The molecule has 1 fully saturated rings. The fourth-order valence-corrected chi connectivity index (χ4v) is 3.16. The molecule has 1 heterocycles. The van der Waals surface area contributed by atoms with E-state index in [2.05, 4.69) is 4.72 Å².